The van der Waals surface area contributed by atoms with Crippen LogP contribution in [0.5, 0.6) is 0 Å². The van der Waals surface area contributed by atoms with Crippen LogP contribution in [0.1, 0.15) is 18.1 Å². The van der Waals surface area contributed by atoms with Crippen LogP contribution in [0.3, 0.4) is 0 Å². The van der Waals surface area contributed by atoms with Crippen molar-refractivity contribution in [3.05, 3.63) is 65.7 Å². The highest BCUT2D eigenvalue weighted by molar-refractivity contribution is 5.95. The van der Waals surface area contributed by atoms with Crippen LogP contribution in [0, 0.1) is 0 Å². The van der Waals surface area contributed by atoms with Crippen molar-refractivity contribution in [1.82, 2.24) is 0 Å². The predicted octanol–water partition coefficient (Wildman–Crippen LogP) is 2.76. The number of hydrogen-bond donors (Lipinski definition) is 2. The third-order valence-electron chi connectivity index (χ3n) is 3.29. The van der Waals surface area contributed by atoms with Crippen molar-refractivity contribution >= 4 is 11.6 Å². The average molecular weight is 268 g/mol. The number of rotatable bonds is 5. The Balaban J connectivity index is 2.01. The fourth-order valence-corrected chi connectivity index (χ4v) is 2.14. The van der Waals surface area contributed by atoms with E-state index in [-0.39, 0.29) is 5.91 Å². The molecule has 3 N–H and O–H groups in total. The molecule has 1 amide bonds. The van der Waals surface area contributed by atoms with Gasteiger partial charge < -0.3 is 11.1 Å². The van der Waals surface area contributed by atoms with Crippen LogP contribution in [-0.4, -0.2) is 11.9 Å². The molecule has 2 rings (SSSR count). The molecule has 0 bridgehead atoms. The summed E-state index contributed by atoms with van der Waals surface area (Å²) in [6, 6.07) is 17.1. The zero-order valence-electron chi connectivity index (χ0n) is 11.7. The van der Waals surface area contributed by atoms with Crippen molar-refractivity contribution in [2.75, 3.05) is 5.32 Å². The first-order chi connectivity index (χ1) is 9.70. The Labute approximate surface area is 119 Å². The molecule has 0 aliphatic rings. The van der Waals surface area contributed by atoms with E-state index in [0.717, 1.165) is 23.2 Å². The number of nitrogens with two attached hydrogens (primary N) is 1. The molecular formula is C17H20N2O. The maximum Gasteiger partial charge on any atom is 0.241 e. The van der Waals surface area contributed by atoms with E-state index in [1.54, 1.807) is 0 Å². The quantitative estimate of drug-likeness (QED) is 0.876. The van der Waals surface area contributed by atoms with Gasteiger partial charge in [0.2, 0.25) is 5.91 Å². The fraction of sp³-hybridized carbons (Fsp3) is 0.235. The molecule has 0 heterocycles. The van der Waals surface area contributed by atoms with Gasteiger partial charge in [-0.05, 0) is 30.0 Å². The Morgan fingerprint density at radius 3 is 2.45 bits per heavy atom. The minimum Gasteiger partial charge on any atom is -0.324 e. The zero-order chi connectivity index (χ0) is 14.4. The summed E-state index contributed by atoms with van der Waals surface area (Å²) in [4.78, 5) is 12.1. The van der Waals surface area contributed by atoms with Gasteiger partial charge in [-0.2, -0.15) is 0 Å². The summed E-state index contributed by atoms with van der Waals surface area (Å²) in [5.74, 6) is -0.144. The average Bonchev–Trinajstić information content (AvgIpc) is 2.48. The molecule has 0 radical (unpaired) electrons. The third-order valence-corrected chi connectivity index (χ3v) is 3.29. The number of aryl methyl sites for hydroxylation is 1. The van der Waals surface area contributed by atoms with E-state index in [2.05, 4.69) is 12.2 Å². The number of para-hydroxylation sites is 1. The lowest BCUT2D eigenvalue weighted by molar-refractivity contribution is -0.117. The lowest BCUT2D eigenvalue weighted by Gasteiger charge is -2.14. The molecule has 3 nitrogen and oxygen atoms in total. The molecule has 1 atom stereocenters. The van der Waals surface area contributed by atoms with Crippen LogP contribution in [0.2, 0.25) is 0 Å². The van der Waals surface area contributed by atoms with E-state index < -0.39 is 6.04 Å². The van der Waals surface area contributed by atoms with Crippen LogP contribution in [-0.2, 0) is 17.6 Å². The summed E-state index contributed by atoms with van der Waals surface area (Å²) in [7, 11) is 0. The number of carbonyl (C=O) groups excluding carboxylic acids is 1. The molecule has 0 fully saturated rings. The molecule has 0 aliphatic heterocycles. The number of hydrogen-bond acceptors (Lipinski definition) is 2. The fourth-order valence-electron chi connectivity index (χ4n) is 2.14. The second-order valence-corrected chi connectivity index (χ2v) is 4.80. The molecule has 104 valence electrons. The first kappa shape index (κ1) is 14.3. The Kier molecular flexibility index (Phi) is 4.91. The molecule has 0 spiro atoms. The highest BCUT2D eigenvalue weighted by Gasteiger charge is 2.15. The largest absolute Gasteiger partial charge is 0.324 e. The third kappa shape index (κ3) is 3.68. The van der Waals surface area contributed by atoms with Gasteiger partial charge in [0, 0.05) is 5.69 Å². The van der Waals surface area contributed by atoms with Gasteiger partial charge in [-0.15, -0.1) is 0 Å². The van der Waals surface area contributed by atoms with Gasteiger partial charge in [0.1, 0.15) is 0 Å². The summed E-state index contributed by atoms with van der Waals surface area (Å²) in [6.07, 6.45) is 1.42. The maximum atomic E-state index is 12.1. The Hall–Kier alpha value is -2.13. The van der Waals surface area contributed by atoms with Gasteiger partial charge in [0.05, 0.1) is 6.04 Å². The highest BCUT2D eigenvalue weighted by Crippen LogP contribution is 2.15. The second-order valence-electron chi connectivity index (χ2n) is 4.80. The first-order valence-corrected chi connectivity index (χ1v) is 6.89. The van der Waals surface area contributed by atoms with E-state index in [4.69, 9.17) is 5.73 Å². The number of anilines is 1. The van der Waals surface area contributed by atoms with Gasteiger partial charge in [0.25, 0.3) is 0 Å². The predicted molar refractivity (Wildman–Crippen MR) is 82.6 cm³/mol. The molecule has 2 aromatic rings. The lowest BCUT2D eigenvalue weighted by atomic mass is 10.1. The van der Waals surface area contributed by atoms with E-state index in [0.29, 0.717) is 6.42 Å². The Bertz CT molecular complexity index is 566. The molecular weight excluding hydrogens is 248 g/mol. The van der Waals surface area contributed by atoms with Crippen LogP contribution >= 0.6 is 0 Å². The first-order valence-electron chi connectivity index (χ1n) is 6.89. The van der Waals surface area contributed by atoms with Crippen LogP contribution in [0.4, 0.5) is 5.69 Å². The summed E-state index contributed by atoms with van der Waals surface area (Å²) < 4.78 is 0. The highest BCUT2D eigenvalue weighted by atomic mass is 16.2. The van der Waals surface area contributed by atoms with Gasteiger partial charge in [-0.1, -0.05) is 55.5 Å². The summed E-state index contributed by atoms with van der Waals surface area (Å²) in [5, 5.41) is 2.92. The van der Waals surface area contributed by atoms with Crippen molar-refractivity contribution in [2.45, 2.75) is 25.8 Å². The molecule has 0 aromatic heterocycles. The standard InChI is InChI=1S/C17H20N2O/c1-2-14-10-6-7-11-16(14)19-17(20)15(18)12-13-8-4-3-5-9-13/h3-11,15H,2,12,18H2,1H3,(H,19,20). The van der Waals surface area contributed by atoms with Crippen molar-refractivity contribution in [3.8, 4) is 0 Å². The number of benzene rings is 2. The summed E-state index contributed by atoms with van der Waals surface area (Å²) in [6.45, 7) is 2.06. The number of amides is 1. The van der Waals surface area contributed by atoms with Crippen LogP contribution in [0.15, 0.2) is 54.6 Å². The Morgan fingerprint density at radius 2 is 1.75 bits per heavy atom. The number of carbonyl (C=O) groups is 1. The lowest BCUT2D eigenvalue weighted by Crippen LogP contribution is -2.37. The topological polar surface area (TPSA) is 55.1 Å². The summed E-state index contributed by atoms with van der Waals surface area (Å²) in [5.41, 5.74) is 9.01. The molecule has 2 aromatic carbocycles. The molecule has 1 unspecified atom stereocenters. The van der Waals surface area contributed by atoms with E-state index in [1.807, 2.05) is 54.6 Å². The van der Waals surface area contributed by atoms with E-state index in [1.165, 1.54) is 0 Å². The van der Waals surface area contributed by atoms with Crippen molar-refractivity contribution in [3.63, 3.8) is 0 Å². The van der Waals surface area contributed by atoms with Gasteiger partial charge in [0.15, 0.2) is 0 Å². The SMILES string of the molecule is CCc1ccccc1NC(=O)C(N)Cc1ccccc1. The van der Waals surface area contributed by atoms with Crippen LogP contribution < -0.4 is 11.1 Å². The van der Waals surface area contributed by atoms with Gasteiger partial charge in [-0.3, -0.25) is 4.79 Å². The monoisotopic (exact) mass is 268 g/mol. The minimum absolute atomic E-state index is 0.144. The van der Waals surface area contributed by atoms with Crippen LogP contribution in [0.25, 0.3) is 0 Å². The second kappa shape index (κ2) is 6.87. The molecule has 0 saturated heterocycles. The normalized spacial score (nSPS) is 11.9. The minimum atomic E-state index is -0.540. The zero-order valence-corrected chi connectivity index (χ0v) is 11.7. The molecule has 0 aliphatic carbocycles. The smallest absolute Gasteiger partial charge is 0.241 e. The van der Waals surface area contributed by atoms with Gasteiger partial charge in [-0.25, -0.2) is 0 Å². The molecule has 20 heavy (non-hydrogen) atoms. The van der Waals surface area contributed by atoms with E-state index >= 15 is 0 Å². The van der Waals surface area contributed by atoms with Crippen molar-refractivity contribution in [1.29, 1.82) is 0 Å². The van der Waals surface area contributed by atoms with Crippen molar-refractivity contribution in [2.24, 2.45) is 5.73 Å². The van der Waals surface area contributed by atoms with E-state index in [9.17, 15) is 4.79 Å². The molecule has 0 saturated carbocycles. The van der Waals surface area contributed by atoms with Crippen molar-refractivity contribution < 1.29 is 4.79 Å². The Morgan fingerprint density at radius 1 is 1.10 bits per heavy atom. The summed E-state index contributed by atoms with van der Waals surface area (Å²) >= 11 is 0. The molecule has 3 heteroatoms. The maximum absolute atomic E-state index is 12.1. The van der Waals surface area contributed by atoms with Gasteiger partial charge >= 0.3 is 0 Å². The number of nitrogens with one attached hydrogen (secondary N) is 1.